The molecule has 2 aromatic rings. The number of aromatic nitrogens is 2. The van der Waals surface area contributed by atoms with Gasteiger partial charge in [-0.25, -0.2) is 4.79 Å². The third-order valence-electron chi connectivity index (χ3n) is 3.50. The molecule has 0 saturated carbocycles. The van der Waals surface area contributed by atoms with Crippen LogP contribution in [0.5, 0.6) is 0 Å². The van der Waals surface area contributed by atoms with Gasteiger partial charge in [-0.3, -0.25) is 18.7 Å². The number of rotatable bonds is 6. The van der Waals surface area contributed by atoms with Gasteiger partial charge in [0.05, 0.1) is 5.39 Å². The molecule has 1 amide bonds. The number of fused-ring (bicyclic) bond motifs is 1. The molecule has 0 aromatic carbocycles. The van der Waals surface area contributed by atoms with Crippen molar-refractivity contribution in [2.24, 2.45) is 0 Å². The molecule has 2 aromatic heterocycles. The van der Waals surface area contributed by atoms with E-state index in [-0.39, 0.29) is 24.1 Å². The summed E-state index contributed by atoms with van der Waals surface area (Å²) >= 11 is 1.44. The van der Waals surface area contributed by atoms with Crippen molar-refractivity contribution >= 4 is 27.5 Å². The number of hydrogen-bond donors (Lipinski definition) is 1. The van der Waals surface area contributed by atoms with Crippen LogP contribution in [0.1, 0.15) is 38.5 Å². The number of hydrogen-bond acceptors (Lipinski definition) is 4. The fourth-order valence-electron chi connectivity index (χ4n) is 2.48. The fourth-order valence-corrected chi connectivity index (χ4v) is 3.50. The zero-order valence-electron chi connectivity index (χ0n) is 14.0. The molecule has 0 radical (unpaired) electrons. The normalized spacial score (nSPS) is 11.3. The Balaban J connectivity index is 2.58. The Kier molecular flexibility index (Phi) is 5.41. The molecule has 126 valence electrons. The molecule has 2 heterocycles. The summed E-state index contributed by atoms with van der Waals surface area (Å²) in [6, 6.07) is 1.76. The predicted molar refractivity (Wildman–Crippen MR) is 93.3 cm³/mol. The number of thiophene rings is 1. The van der Waals surface area contributed by atoms with Gasteiger partial charge in [-0.05, 0) is 33.3 Å². The summed E-state index contributed by atoms with van der Waals surface area (Å²) in [6.07, 6.45) is 1.80. The van der Waals surface area contributed by atoms with Crippen LogP contribution in [0.3, 0.4) is 0 Å². The number of nitrogens with one attached hydrogen (secondary N) is 1. The molecule has 7 heteroatoms. The van der Waals surface area contributed by atoms with Crippen LogP contribution in [0.25, 0.3) is 10.2 Å². The van der Waals surface area contributed by atoms with Gasteiger partial charge < -0.3 is 5.32 Å². The van der Waals surface area contributed by atoms with Crippen LogP contribution in [0.15, 0.2) is 15.7 Å². The van der Waals surface area contributed by atoms with Crippen LogP contribution < -0.4 is 16.6 Å². The third kappa shape index (κ3) is 3.72. The number of nitrogens with zero attached hydrogens (tertiary/aromatic N) is 2. The first-order valence-corrected chi connectivity index (χ1v) is 8.70. The molecular weight excluding hydrogens is 314 g/mol. The quantitative estimate of drug-likeness (QED) is 0.874. The Morgan fingerprint density at radius 3 is 2.61 bits per heavy atom. The lowest BCUT2D eigenvalue weighted by molar-refractivity contribution is -0.122. The first-order valence-electron chi connectivity index (χ1n) is 7.88. The van der Waals surface area contributed by atoms with Gasteiger partial charge in [-0.1, -0.05) is 13.3 Å². The third-order valence-corrected chi connectivity index (χ3v) is 4.58. The molecule has 2 rings (SSSR count). The average Bonchev–Trinajstić information content (AvgIpc) is 2.84. The Morgan fingerprint density at radius 1 is 1.30 bits per heavy atom. The Bertz CT molecular complexity index is 829. The number of unbranched alkanes of at least 4 members (excludes halogenated alkanes) is 1. The predicted octanol–water partition coefficient (Wildman–Crippen LogP) is 1.86. The van der Waals surface area contributed by atoms with Crippen molar-refractivity contribution < 1.29 is 4.79 Å². The lowest BCUT2D eigenvalue weighted by Gasteiger charge is -2.13. The molecule has 0 bridgehead atoms. The van der Waals surface area contributed by atoms with Gasteiger partial charge in [0.15, 0.2) is 0 Å². The maximum absolute atomic E-state index is 12.7. The van der Waals surface area contributed by atoms with Gasteiger partial charge in [0.1, 0.15) is 11.4 Å². The zero-order chi connectivity index (χ0) is 17.1. The highest BCUT2D eigenvalue weighted by Crippen LogP contribution is 2.21. The van der Waals surface area contributed by atoms with Crippen molar-refractivity contribution in [2.75, 3.05) is 0 Å². The van der Waals surface area contributed by atoms with E-state index in [2.05, 4.69) is 5.32 Å². The molecule has 0 unspecified atom stereocenters. The maximum Gasteiger partial charge on any atom is 0.332 e. The summed E-state index contributed by atoms with van der Waals surface area (Å²) in [5, 5.41) is 3.23. The molecule has 0 aliphatic rings. The van der Waals surface area contributed by atoms with E-state index in [1.54, 1.807) is 10.6 Å². The summed E-state index contributed by atoms with van der Waals surface area (Å²) in [5.74, 6) is -0.326. The first kappa shape index (κ1) is 17.5. The summed E-state index contributed by atoms with van der Waals surface area (Å²) in [5.41, 5.74) is -0.794. The van der Waals surface area contributed by atoms with Gasteiger partial charge in [0.25, 0.3) is 5.56 Å². The van der Waals surface area contributed by atoms with E-state index in [4.69, 9.17) is 0 Å². The summed E-state index contributed by atoms with van der Waals surface area (Å²) in [7, 11) is 0. The summed E-state index contributed by atoms with van der Waals surface area (Å²) in [4.78, 5) is 38.9. The van der Waals surface area contributed by atoms with Crippen LogP contribution in [0.4, 0.5) is 0 Å². The van der Waals surface area contributed by atoms with E-state index in [1.807, 2.05) is 27.7 Å². The number of amides is 1. The van der Waals surface area contributed by atoms with E-state index in [9.17, 15) is 14.4 Å². The van der Waals surface area contributed by atoms with Gasteiger partial charge in [-0.2, -0.15) is 0 Å². The van der Waals surface area contributed by atoms with E-state index < -0.39 is 5.69 Å². The number of carbonyl (C=O) groups excluding carboxylic acids is 1. The lowest BCUT2D eigenvalue weighted by Crippen LogP contribution is -2.44. The maximum atomic E-state index is 12.7. The standard InChI is InChI=1S/C16H23N3O3S/c1-5-6-7-18-15-12(8-11(4)23-15)14(21)19(16(18)22)9-13(20)17-10(2)3/h8,10H,5-7,9H2,1-4H3,(H,17,20). The monoisotopic (exact) mass is 337 g/mol. The van der Waals surface area contributed by atoms with Gasteiger partial charge >= 0.3 is 5.69 Å². The molecule has 0 saturated heterocycles. The minimum Gasteiger partial charge on any atom is -0.352 e. The number of carbonyl (C=O) groups is 1. The topological polar surface area (TPSA) is 73.1 Å². The highest BCUT2D eigenvalue weighted by molar-refractivity contribution is 7.18. The van der Waals surface area contributed by atoms with Crippen molar-refractivity contribution in [3.8, 4) is 0 Å². The second-order valence-electron chi connectivity index (χ2n) is 5.98. The minimum atomic E-state index is -0.406. The Morgan fingerprint density at radius 2 is 2.00 bits per heavy atom. The van der Waals surface area contributed by atoms with Crippen LogP contribution in [0.2, 0.25) is 0 Å². The largest absolute Gasteiger partial charge is 0.352 e. The van der Waals surface area contributed by atoms with Crippen molar-refractivity contribution in [3.05, 3.63) is 31.8 Å². The van der Waals surface area contributed by atoms with Crippen molar-refractivity contribution in [3.63, 3.8) is 0 Å². The molecule has 0 aliphatic carbocycles. The lowest BCUT2D eigenvalue weighted by atomic mass is 10.3. The van der Waals surface area contributed by atoms with Crippen LogP contribution >= 0.6 is 11.3 Å². The van der Waals surface area contributed by atoms with Crippen LogP contribution in [0, 0.1) is 6.92 Å². The second kappa shape index (κ2) is 7.12. The summed E-state index contributed by atoms with van der Waals surface area (Å²) in [6.45, 7) is 7.95. The fraction of sp³-hybridized carbons (Fsp3) is 0.562. The Labute approximate surface area is 138 Å². The minimum absolute atomic E-state index is 0.0346. The first-order chi connectivity index (χ1) is 10.8. The van der Waals surface area contributed by atoms with Crippen molar-refractivity contribution in [2.45, 2.75) is 59.7 Å². The highest BCUT2D eigenvalue weighted by Gasteiger charge is 2.17. The van der Waals surface area contributed by atoms with Crippen molar-refractivity contribution in [1.29, 1.82) is 0 Å². The molecule has 0 atom stereocenters. The molecular formula is C16H23N3O3S. The van der Waals surface area contributed by atoms with E-state index in [0.29, 0.717) is 16.8 Å². The van der Waals surface area contributed by atoms with Gasteiger partial charge in [0, 0.05) is 17.5 Å². The van der Waals surface area contributed by atoms with Crippen LogP contribution in [-0.4, -0.2) is 21.1 Å². The number of aryl methyl sites for hydroxylation is 2. The molecule has 0 aliphatic heterocycles. The Hall–Kier alpha value is -1.89. The van der Waals surface area contributed by atoms with E-state index in [1.165, 1.54) is 11.3 Å². The summed E-state index contributed by atoms with van der Waals surface area (Å²) < 4.78 is 2.67. The molecule has 6 nitrogen and oxygen atoms in total. The highest BCUT2D eigenvalue weighted by atomic mass is 32.1. The van der Waals surface area contributed by atoms with Crippen molar-refractivity contribution in [1.82, 2.24) is 14.5 Å². The molecule has 1 N–H and O–H groups in total. The van der Waals surface area contributed by atoms with Gasteiger partial charge in [0.2, 0.25) is 5.91 Å². The molecule has 23 heavy (non-hydrogen) atoms. The van der Waals surface area contributed by atoms with Gasteiger partial charge in [-0.15, -0.1) is 11.3 Å². The molecule has 0 spiro atoms. The SMILES string of the molecule is CCCCn1c(=O)n(CC(=O)NC(C)C)c(=O)c2cc(C)sc21. The van der Waals surface area contributed by atoms with E-state index in [0.717, 1.165) is 22.3 Å². The average molecular weight is 337 g/mol. The second-order valence-corrected chi connectivity index (χ2v) is 7.21. The van der Waals surface area contributed by atoms with E-state index >= 15 is 0 Å². The van der Waals surface area contributed by atoms with Crippen LogP contribution in [-0.2, 0) is 17.9 Å². The zero-order valence-corrected chi connectivity index (χ0v) is 14.8. The smallest absolute Gasteiger partial charge is 0.332 e. The molecule has 0 fully saturated rings.